The third kappa shape index (κ3) is 3.94. The number of hydrogen-bond acceptors (Lipinski definition) is 2. The number of carboxylic acids is 1. The maximum absolute atomic E-state index is 10.5. The zero-order valence-corrected chi connectivity index (χ0v) is 7.79. The average molecular weight is 172 g/mol. The van der Waals surface area contributed by atoms with Crippen molar-refractivity contribution in [3.63, 3.8) is 0 Å². The molecule has 0 aliphatic rings. The summed E-state index contributed by atoms with van der Waals surface area (Å²) in [4.78, 5) is 10.5. The van der Waals surface area contributed by atoms with Gasteiger partial charge in [-0.05, 0) is 20.8 Å². The van der Waals surface area contributed by atoms with Crippen molar-refractivity contribution in [1.29, 1.82) is 0 Å². The largest absolute Gasteiger partial charge is 0.480 e. The molecule has 0 unspecified atom stereocenters. The zero-order chi connectivity index (χ0) is 8.91. The van der Waals surface area contributed by atoms with Gasteiger partial charge in [0, 0.05) is 0 Å². The fourth-order valence-electron chi connectivity index (χ4n) is 0.350. The van der Waals surface area contributed by atoms with Crippen LogP contribution in [0.25, 0.3) is 0 Å². The molecule has 3 heteroatoms. The minimum absolute atomic E-state index is 0.579. The highest BCUT2D eigenvalue weighted by atomic mass is 32.2. The molecule has 0 rings (SSSR count). The number of hydrogen-bond donors (Lipinski definition) is 1. The van der Waals surface area contributed by atoms with Crippen molar-refractivity contribution in [3.8, 4) is 11.8 Å². The Bertz CT molecular complexity index is 198. The van der Waals surface area contributed by atoms with Crippen LogP contribution in [-0.4, -0.2) is 21.6 Å². The van der Waals surface area contributed by atoms with Gasteiger partial charge in [-0.25, -0.2) is 0 Å². The zero-order valence-electron chi connectivity index (χ0n) is 6.97. The van der Waals surface area contributed by atoms with Crippen LogP contribution in [0.3, 0.4) is 0 Å². The quantitative estimate of drug-likeness (QED) is 0.657. The number of thioether (sulfide) groups is 1. The summed E-state index contributed by atoms with van der Waals surface area (Å²) in [5.74, 6) is 5.31. The second kappa shape index (κ2) is 4.30. The van der Waals surface area contributed by atoms with E-state index in [1.807, 2.05) is 0 Å². The first-order valence-corrected chi connectivity index (χ1v) is 4.26. The van der Waals surface area contributed by atoms with Crippen molar-refractivity contribution >= 4 is 17.7 Å². The smallest absolute Gasteiger partial charge is 0.319 e. The molecule has 0 aromatic rings. The molecule has 0 aromatic heterocycles. The van der Waals surface area contributed by atoms with Gasteiger partial charge in [0.1, 0.15) is 4.75 Å². The summed E-state index contributed by atoms with van der Waals surface area (Å²) >= 11 is 1.34. The molecule has 0 bridgehead atoms. The summed E-state index contributed by atoms with van der Waals surface area (Å²) in [6.45, 7) is 5.10. The van der Waals surface area contributed by atoms with Crippen molar-refractivity contribution in [3.05, 3.63) is 0 Å². The van der Waals surface area contributed by atoms with Crippen LogP contribution in [0.5, 0.6) is 0 Å². The van der Waals surface area contributed by atoms with E-state index in [1.54, 1.807) is 20.8 Å². The van der Waals surface area contributed by atoms with Gasteiger partial charge in [-0.15, -0.1) is 17.7 Å². The average Bonchev–Trinajstić information content (AvgIpc) is 1.88. The summed E-state index contributed by atoms with van der Waals surface area (Å²) in [6, 6.07) is 0. The highest BCUT2D eigenvalue weighted by Crippen LogP contribution is 2.23. The van der Waals surface area contributed by atoms with Crippen LogP contribution >= 0.6 is 11.8 Å². The fraction of sp³-hybridized carbons (Fsp3) is 0.625. The topological polar surface area (TPSA) is 37.3 Å². The van der Waals surface area contributed by atoms with Crippen LogP contribution in [0.15, 0.2) is 0 Å². The molecule has 62 valence electrons. The molecule has 0 saturated carbocycles. The second-order valence-electron chi connectivity index (χ2n) is 2.53. The molecular weight excluding hydrogens is 160 g/mol. The predicted octanol–water partition coefficient (Wildman–Crippen LogP) is 1.61. The van der Waals surface area contributed by atoms with Crippen LogP contribution in [0, 0.1) is 11.8 Å². The van der Waals surface area contributed by atoms with Crippen molar-refractivity contribution in [2.45, 2.75) is 25.5 Å². The van der Waals surface area contributed by atoms with E-state index < -0.39 is 10.7 Å². The van der Waals surface area contributed by atoms with E-state index in [9.17, 15) is 4.79 Å². The Labute approximate surface area is 71.4 Å². The van der Waals surface area contributed by atoms with Crippen LogP contribution in [-0.2, 0) is 4.79 Å². The summed E-state index contributed by atoms with van der Waals surface area (Å²) in [7, 11) is 0. The molecule has 0 atom stereocenters. The molecule has 0 heterocycles. The lowest BCUT2D eigenvalue weighted by atomic mass is 10.2. The lowest BCUT2D eigenvalue weighted by Crippen LogP contribution is -2.27. The number of rotatable bonds is 3. The third-order valence-corrected chi connectivity index (χ3v) is 2.38. The number of aliphatic carboxylic acids is 1. The van der Waals surface area contributed by atoms with Gasteiger partial charge in [-0.3, -0.25) is 4.79 Å². The first kappa shape index (κ1) is 10.4. The number of carboxylic acid groups (broad SMARTS) is 1. The minimum atomic E-state index is -0.791. The van der Waals surface area contributed by atoms with Crippen LogP contribution in [0.2, 0.25) is 0 Å². The van der Waals surface area contributed by atoms with E-state index in [1.165, 1.54) is 11.8 Å². The summed E-state index contributed by atoms with van der Waals surface area (Å²) in [6.07, 6.45) is 0. The van der Waals surface area contributed by atoms with Crippen molar-refractivity contribution < 1.29 is 9.90 Å². The minimum Gasteiger partial charge on any atom is -0.480 e. The normalized spacial score (nSPS) is 10.1. The summed E-state index contributed by atoms with van der Waals surface area (Å²) in [5.41, 5.74) is 0. The maximum Gasteiger partial charge on any atom is 0.319 e. The molecular formula is C8H12O2S. The standard InChI is InChI=1S/C8H12O2S/c1-4-5-6-11-8(2,3)7(9)10/h6H2,1-3H3,(H,9,10). The van der Waals surface area contributed by atoms with Gasteiger partial charge in [-0.1, -0.05) is 5.92 Å². The van der Waals surface area contributed by atoms with Gasteiger partial charge in [0.05, 0.1) is 5.75 Å². The molecule has 0 saturated heterocycles. The van der Waals surface area contributed by atoms with Crippen molar-refractivity contribution in [2.24, 2.45) is 0 Å². The Morgan fingerprint density at radius 3 is 2.55 bits per heavy atom. The van der Waals surface area contributed by atoms with Gasteiger partial charge in [0.2, 0.25) is 0 Å². The molecule has 0 spiro atoms. The van der Waals surface area contributed by atoms with Gasteiger partial charge in [-0.2, -0.15) is 0 Å². The van der Waals surface area contributed by atoms with E-state index in [0.29, 0.717) is 5.75 Å². The molecule has 0 aliphatic carbocycles. The summed E-state index contributed by atoms with van der Waals surface area (Å²) in [5, 5.41) is 8.67. The monoisotopic (exact) mass is 172 g/mol. The van der Waals surface area contributed by atoms with E-state index >= 15 is 0 Å². The predicted molar refractivity (Wildman–Crippen MR) is 47.6 cm³/mol. The summed E-state index contributed by atoms with van der Waals surface area (Å²) < 4.78 is -0.718. The molecule has 11 heavy (non-hydrogen) atoms. The van der Waals surface area contributed by atoms with Crippen LogP contribution < -0.4 is 0 Å². The van der Waals surface area contributed by atoms with E-state index in [2.05, 4.69) is 11.8 Å². The lowest BCUT2D eigenvalue weighted by molar-refractivity contribution is -0.138. The Balaban J connectivity index is 3.89. The maximum atomic E-state index is 10.5. The Hall–Kier alpha value is -0.620. The Kier molecular flexibility index (Phi) is 4.06. The van der Waals surface area contributed by atoms with Crippen molar-refractivity contribution in [2.75, 3.05) is 5.75 Å². The first-order chi connectivity index (χ1) is 5.00. The molecule has 0 radical (unpaired) electrons. The van der Waals surface area contributed by atoms with Gasteiger partial charge < -0.3 is 5.11 Å². The van der Waals surface area contributed by atoms with E-state index in [0.717, 1.165) is 0 Å². The molecule has 0 aliphatic heterocycles. The molecule has 1 N–H and O–H groups in total. The Morgan fingerprint density at radius 1 is 1.64 bits per heavy atom. The highest BCUT2D eigenvalue weighted by Gasteiger charge is 2.26. The van der Waals surface area contributed by atoms with E-state index in [4.69, 9.17) is 5.11 Å². The van der Waals surface area contributed by atoms with E-state index in [-0.39, 0.29) is 0 Å². The lowest BCUT2D eigenvalue weighted by Gasteiger charge is -2.15. The first-order valence-electron chi connectivity index (χ1n) is 3.27. The number of carbonyl (C=O) groups is 1. The van der Waals surface area contributed by atoms with Crippen LogP contribution in [0.4, 0.5) is 0 Å². The van der Waals surface area contributed by atoms with Crippen molar-refractivity contribution in [1.82, 2.24) is 0 Å². The van der Waals surface area contributed by atoms with Gasteiger partial charge in [0.25, 0.3) is 0 Å². The molecule has 0 amide bonds. The molecule has 0 fully saturated rings. The van der Waals surface area contributed by atoms with Gasteiger partial charge in [0.15, 0.2) is 0 Å². The molecule has 2 nitrogen and oxygen atoms in total. The highest BCUT2D eigenvalue weighted by molar-refractivity contribution is 8.01. The SMILES string of the molecule is CC#CCSC(C)(C)C(=O)O. The third-order valence-electron chi connectivity index (χ3n) is 1.20. The Morgan fingerprint density at radius 2 is 2.18 bits per heavy atom. The van der Waals surface area contributed by atoms with Gasteiger partial charge >= 0.3 is 5.97 Å². The molecule has 0 aromatic carbocycles. The van der Waals surface area contributed by atoms with Crippen LogP contribution in [0.1, 0.15) is 20.8 Å². The fourth-order valence-corrected chi connectivity index (χ4v) is 1.05. The second-order valence-corrected chi connectivity index (χ2v) is 4.13.